The number of benzene rings is 1. The third kappa shape index (κ3) is 3.44. The Balaban J connectivity index is 2.04. The Morgan fingerprint density at radius 1 is 1.20 bits per heavy atom. The van der Waals surface area contributed by atoms with Gasteiger partial charge in [0.25, 0.3) is 5.56 Å². The molecule has 2 rings (SSSR count). The van der Waals surface area contributed by atoms with Crippen molar-refractivity contribution < 1.29 is 4.79 Å². The summed E-state index contributed by atoms with van der Waals surface area (Å²) < 4.78 is 1.14. The maximum atomic E-state index is 11.8. The minimum atomic E-state index is -0.603. The van der Waals surface area contributed by atoms with Crippen LogP contribution >= 0.6 is 0 Å². The molecule has 6 nitrogen and oxygen atoms in total. The topological polar surface area (TPSA) is 84.0 Å². The monoisotopic (exact) mass is 273 g/mol. The molecule has 0 atom stereocenters. The van der Waals surface area contributed by atoms with Crippen LogP contribution in [0.5, 0.6) is 0 Å². The lowest BCUT2D eigenvalue weighted by molar-refractivity contribution is -0.116. The zero-order chi connectivity index (χ0) is 14.5. The fourth-order valence-electron chi connectivity index (χ4n) is 1.75. The number of aromatic nitrogens is 2. The van der Waals surface area contributed by atoms with Crippen LogP contribution < -0.4 is 16.6 Å². The zero-order valence-electron chi connectivity index (χ0n) is 11.1. The van der Waals surface area contributed by atoms with Gasteiger partial charge in [-0.3, -0.25) is 19.1 Å². The van der Waals surface area contributed by atoms with Gasteiger partial charge in [-0.1, -0.05) is 19.1 Å². The summed E-state index contributed by atoms with van der Waals surface area (Å²) in [5, 5.41) is 2.69. The number of hydrogen-bond donors (Lipinski definition) is 2. The minimum absolute atomic E-state index is 0.148. The van der Waals surface area contributed by atoms with Crippen molar-refractivity contribution in [1.82, 2.24) is 9.55 Å². The number of anilines is 1. The van der Waals surface area contributed by atoms with Crippen LogP contribution in [0.15, 0.2) is 46.1 Å². The summed E-state index contributed by atoms with van der Waals surface area (Å²) in [5.74, 6) is -0.330. The number of rotatable bonds is 4. The summed E-state index contributed by atoms with van der Waals surface area (Å²) in [6.07, 6.45) is 2.22. The number of aromatic amines is 1. The molecule has 1 aromatic carbocycles. The molecule has 0 saturated carbocycles. The Morgan fingerprint density at radius 2 is 1.90 bits per heavy atom. The van der Waals surface area contributed by atoms with Crippen molar-refractivity contribution in [2.45, 2.75) is 19.9 Å². The smallest absolute Gasteiger partial charge is 0.325 e. The van der Waals surface area contributed by atoms with Crippen molar-refractivity contribution in [3.8, 4) is 0 Å². The summed E-state index contributed by atoms with van der Waals surface area (Å²) in [4.78, 5) is 36.3. The maximum Gasteiger partial charge on any atom is 0.328 e. The molecule has 0 aliphatic heterocycles. The molecule has 0 unspecified atom stereocenters. The largest absolute Gasteiger partial charge is 0.328 e. The molecule has 0 spiro atoms. The molecule has 1 amide bonds. The highest BCUT2D eigenvalue weighted by Crippen LogP contribution is 2.09. The summed E-state index contributed by atoms with van der Waals surface area (Å²) in [7, 11) is 0. The SMILES string of the molecule is CCc1ccc(NC(=O)Cn2ccc(=O)[nH]c2=O)cc1. The molecule has 1 aromatic heterocycles. The molecular weight excluding hydrogens is 258 g/mol. The lowest BCUT2D eigenvalue weighted by Crippen LogP contribution is -2.32. The van der Waals surface area contributed by atoms with Crippen molar-refractivity contribution in [3.05, 3.63) is 62.9 Å². The number of amides is 1. The molecule has 0 radical (unpaired) electrons. The highest BCUT2D eigenvalue weighted by atomic mass is 16.2. The van der Waals surface area contributed by atoms with Crippen molar-refractivity contribution in [2.75, 3.05) is 5.32 Å². The molecule has 2 aromatic rings. The molecule has 0 fully saturated rings. The van der Waals surface area contributed by atoms with Gasteiger partial charge in [0.15, 0.2) is 0 Å². The van der Waals surface area contributed by atoms with Crippen LogP contribution in [0.25, 0.3) is 0 Å². The van der Waals surface area contributed by atoms with E-state index >= 15 is 0 Å². The van der Waals surface area contributed by atoms with Crippen molar-refractivity contribution in [2.24, 2.45) is 0 Å². The van der Waals surface area contributed by atoms with Gasteiger partial charge in [0, 0.05) is 18.0 Å². The third-order valence-corrected chi connectivity index (χ3v) is 2.86. The summed E-state index contributed by atoms with van der Waals surface area (Å²) >= 11 is 0. The van der Waals surface area contributed by atoms with Crippen molar-refractivity contribution in [3.63, 3.8) is 0 Å². The lowest BCUT2D eigenvalue weighted by Gasteiger charge is -2.07. The first-order valence-corrected chi connectivity index (χ1v) is 6.27. The molecule has 0 aliphatic rings. The van der Waals surface area contributed by atoms with Crippen LogP contribution in [-0.2, 0) is 17.8 Å². The Bertz CT molecular complexity index is 713. The van der Waals surface area contributed by atoms with E-state index in [-0.39, 0.29) is 12.5 Å². The van der Waals surface area contributed by atoms with E-state index in [0.717, 1.165) is 11.0 Å². The van der Waals surface area contributed by atoms with Gasteiger partial charge in [-0.25, -0.2) is 4.79 Å². The minimum Gasteiger partial charge on any atom is -0.325 e. The van der Waals surface area contributed by atoms with Gasteiger partial charge in [0.2, 0.25) is 5.91 Å². The number of carbonyl (C=O) groups excluding carboxylic acids is 1. The van der Waals surface area contributed by atoms with E-state index in [4.69, 9.17) is 0 Å². The lowest BCUT2D eigenvalue weighted by atomic mass is 10.1. The first-order valence-electron chi connectivity index (χ1n) is 6.27. The molecule has 0 saturated heterocycles. The van der Waals surface area contributed by atoms with Crippen LogP contribution in [0, 0.1) is 0 Å². The number of nitrogens with zero attached hydrogens (tertiary/aromatic N) is 1. The van der Waals surface area contributed by atoms with Crippen LogP contribution in [0.4, 0.5) is 5.69 Å². The Kier molecular flexibility index (Phi) is 4.14. The zero-order valence-corrected chi connectivity index (χ0v) is 11.1. The molecule has 6 heteroatoms. The van der Waals surface area contributed by atoms with Crippen LogP contribution in [0.1, 0.15) is 12.5 Å². The summed E-state index contributed by atoms with van der Waals surface area (Å²) in [6, 6.07) is 8.69. The highest BCUT2D eigenvalue weighted by molar-refractivity contribution is 5.90. The molecule has 1 heterocycles. The standard InChI is InChI=1S/C14H15N3O3/c1-2-10-3-5-11(6-4-10)15-13(19)9-17-8-7-12(18)16-14(17)20/h3-8H,2,9H2,1H3,(H,15,19)(H,16,18,20). The second kappa shape index (κ2) is 6.01. The van der Waals surface area contributed by atoms with Gasteiger partial charge in [0.05, 0.1) is 0 Å². The fourth-order valence-corrected chi connectivity index (χ4v) is 1.75. The maximum absolute atomic E-state index is 11.8. The molecule has 0 bridgehead atoms. The normalized spacial score (nSPS) is 10.2. The summed E-state index contributed by atoms with van der Waals surface area (Å²) in [6.45, 7) is 1.90. The first-order chi connectivity index (χ1) is 9.58. The molecule has 0 aliphatic carbocycles. The van der Waals surface area contributed by atoms with E-state index < -0.39 is 11.2 Å². The van der Waals surface area contributed by atoms with E-state index in [1.54, 1.807) is 0 Å². The van der Waals surface area contributed by atoms with Gasteiger partial charge >= 0.3 is 5.69 Å². The van der Waals surface area contributed by atoms with Gasteiger partial charge in [-0.05, 0) is 24.1 Å². The average Bonchev–Trinajstić information content (AvgIpc) is 2.43. The van der Waals surface area contributed by atoms with Gasteiger partial charge < -0.3 is 5.32 Å². The predicted octanol–water partition coefficient (Wildman–Crippen LogP) is 0.738. The van der Waals surface area contributed by atoms with Crippen LogP contribution in [0.2, 0.25) is 0 Å². The quantitative estimate of drug-likeness (QED) is 0.861. The van der Waals surface area contributed by atoms with Crippen LogP contribution in [0.3, 0.4) is 0 Å². The number of nitrogens with one attached hydrogen (secondary N) is 2. The Morgan fingerprint density at radius 3 is 2.50 bits per heavy atom. The van der Waals surface area contributed by atoms with Gasteiger partial charge in [-0.15, -0.1) is 0 Å². The predicted molar refractivity (Wildman–Crippen MR) is 75.8 cm³/mol. The fraction of sp³-hybridized carbons (Fsp3) is 0.214. The Labute approximate surface area is 115 Å². The molecular formula is C14H15N3O3. The Hall–Kier alpha value is -2.63. The molecule has 104 valence electrons. The van der Waals surface area contributed by atoms with E-state index in [1.807, 2.05) is 24.3 Å². The van der Waals surface area contributed by atoms with E-state index in [2.05, 4.69) is 17.2 Å². The van der Waals surface area contributed by atoms with E-state index in [0.29, 0.717) is 5.69 Å². The number of carbonyl (C=O) groups is 1. The third-order valence-electron chi connectivity index (χ3n) is 2.86. The number of aryl methyl sites for hydroxylation is 1. The van der Waals surface area contributed by atoms with Crippen LogP contribution in [-0.4, -0.2) is 15.5 Å². The first kappa shape index (κ1) is 13.8. The van der Waals surface area contributed by atoms with Gasteiger partial charge in [0.1, 0.15) is 6.54 Å². The second-order valence-electron chi connectivity index (χ2n) is 4.34. The van der Waals surface area contributed by atoms with E-state index in [9.17, 15) is 14.4 Å². The average molecular weight is 273 g/mol. The number of H-pyrrole nitrogens is 1. The number of hydrogen-bond acceptors (Lipinski definition) is 3. The molecule has 20 heavy (non-hydrogen) atoms. The van der Waals surface area contributed by atoms with E-state index in [1.165, 1.54) is 17.8 Å². The highest BCUT2D eigenvalue weighted by Gasteiger charge is 2.05. The van der Waals surface area contributed by atoms with Crippen molar-refractivity contribution in [1.29, 1.82) is 0 Å². The summed E-state index contributed by atoms with van der Waals surface area (Å²) in [5.41, 5.74) is 0.764. The van der Waals surface area contributed by atoms with Crippen molar-refractivity contribution >= 4 is 11.6 Å². The van der Waals surface area contributed by atoms with Gasteiger partial charge in [-0.2, -0.15) is 0 Å². The molecule has 2 N–H and O–H groups in total. The second-order valence-corrected chi connectivity index (χ2v) is 4.34.